The van der Waals surface area contributed by atoms with E-state index in [1.54, 1.807) is 0 Å². The van der Waals surface area contributed by atoms with E-state index in [1.807, 2.05) is 12.4 Å². The third-order valence-electron chi connectivity index (χ3n) is 2.77. The van der Waals surface area contributed by atoms with Crippen LogP contribution in [0.2, 0.25) is 0 Å². The van der Waals surface area contributed by atoms with Crippen LogP contribution in [0.5, 0.6) is 0 Å². The zero-order valence-corrected chi connectivity index (χ0v) is 7.16. The molecule has 0 aromatic carbocycles. The molecule has 0 radical (unpaired) electrons. The van der Waals surface area contributed by atoms with Crippen molar-refractivity contribution in [2.45, 2.75) is 24.7 Å². The van der Waals surface area contributed by atoms with Crippen molar-refractivity contribution in [3.63, 3.8) is 0 Å². The van der Waals surface area contributed by atoms with Crippen molar-refractivity contribution in [2.24, 2.45) is 5.73 Å². The van der Waals surface area contributed by atoms with Crippen LogP contribution in [0, 0.1) is 0 Å². The maximum atomic E-state index is 5.58. The Balaban J connectivity index is 2.19. The van der Waals surface area contributed by atoms with E-state index in [9.17, 15) is 0 Å². The minimum Gasteiger partial charge on any atom is -0.330 e. The smallest absolute Gasteiger partial charge is 0.0270 e. The van der Waals surface area contributed by atoms with Crippen LogP contribution in [0.1, 0.15) is 24.8 Å². The second-order valence-corrected chi connectivity index (χ2v) is 3.55. The average molecular weight is 162 g/mol. The summed E-state index contributed by atoms with van der Waals surface area (Å²) in [6, 6.07) is 4.23. The van der Waals surface area contributed by atoms with Gasteiger partial charge in [-0.3, -0.25) is 4.98 Å². The number of nitrogens with two attached hydrogens (primary N) is 1. The van der Waals surface area contributed by atoms with Crippen molar-refractivity contribution < 1.29 is 0 Å². The number of rotatable bonds is 3. The van der Waals surface area contributed by atoms with Crippen molar-refractivity contribution in [1.29, 1.82) is 0 Å². The second kappa shape index (κ2) is 2.87. The third kappa shape index (κ3) is 1.23. The quantitative estimate of drug-likeness (QED) is 0.730. The highest BCUT2D eigenvalue weighted by molar-refractivity contribution is 5.28. The molecule has 0 atom stereocenters. The van der Waals surface area contributed by atoms with Crippen molar-refractivity contribution in [3.05, 3.63) is 30.1 Å². The van der Waals surface area contributed by atoms with E-state index in [0.29, 0.717) is 5.41 Å². The van der Waals surface area contributed by atoms with Crippen LogP contribution in [0.25, 0.3) is 0 Å². The summed E-state index contributed by atoms with van der Waals surface area (Å²) in [4.78, 5) is 4.02. The van der Waals surface area contributed by atoms with Crippen LogP contribution in [-0.4, -0.2) is 11.5 Å². The van der Waals surface area contributed by atoms with Gasteiger partial charge in [0.25, 0.3) is 0 Å². The highest BCUT2D eigenvalue weighted by Gasteiger charge is 2.42. The summed E-state index contributed by atoms with van der Waals surface area (Å²) >= 11 is 0. The molecule has 2 nitrogen and oxygen atoms in total. The van der Waals surface area contributed by atoms with Crippen LogP contribution in [0.15, 0.2) is 24.5 Å². The van der Waals surface area contributed by atoms with E-state index < -0.39 is 0 Å². The van der Waals surface area contributed by atoms with Gasteiger partial charge in [0, 0.05) is 12.4 Å². The van der Waals surface area contributed by atoms with Gasteiger partial charge in [0.05, 0.1) is 0 Å². The van der Waals surface area contributed by atoms with Gasteiger partial charge in [0.15, 0.2) is 0 Å². The first-order chi connectivity index (χ1) is 5.87. The summed E-state index contributed by atoms with van der Waals surface area (Å²) in [6.45, 7) is 0.794. The van der Waals surface area contributed by atoms with Gasteiger partial charge in [-0.15, -0.1) is 0 Å². The Hall–Kier alpha value is -0.890. The topological polar surface area (TPSA) is 38.9 Å². The highest BCUT2D eigenvalue weighted by atomic mass is 14.6. The number of nitrogens with zero attached hydrogens (tertiary/aromatic N) is 1. The van der Waals surface area contributed by atoms with E-state index in [1.165, 1.54) is 18.4 Å². The predicted molar refractivity (Wildman–Crippen MR) is 48.8 cm³/mol. The fourth-order valence-corrected chi connectivity index (χ4v) is 1.82. The molecule has 1 aliphatic carbocycles. The molecule has 64 valence electrons. The molecule has 2 rings (SSSR count). The van der Waals surface area contributed by atoms with Crippen LogP contribution in [0.4, 0.5) is 0 Å². The summed E-state index contributed by atoms with van der Waals surface area (Å²) in [6.07, 6.45) is 7.46. The standard InChI is InChI=1S/C10H14N2/c11-6-5-10(3-4-10)9-1-7-12-8-2-9/h1-2,7-8H,3-6,11H2. The summed E-state index contributed by atoms with van der Waals surface area (Å²) in [5, 5.41) is 0. The zero-order valence-electron chi connectivity index (χ0n) is 7.16. The van der Waals surface area contributed by atoms with Gasteiger partial charge >= 0.3 is 0 Å². The van der Waals surface area contributed by atoms with E-state index in [0.717, 1.165) is 13.0 Å². The van der Waals surface area contributed by atoms with Crippen LogP contribution < -0.4 is 5.73 Å². The van der Waals surface area contributed by atoms with Gasteiger partial charge in [0.1, 0.15) is 0 Å². The Labute approximate surface area is 72.8 Å². The van der Waals surface area contributed by atoms with Gasteiger partial charge in [-0.05, 0) is 48.9 Å². The van der Waals surface area contributed by atoms with Crippen LogP contribution >= 0.6 is 0 Å². The fraction of sp³-hybridized carbons (Fsp3) is 0.500. The number of aromatic nitrogens is 1. The molecule has 0 unspecified atom stereocenters. The van der Waals surface area contributed by atoms with Crippen molar-refractivity contribution in [3.8, 4) is 0 Å². The van der Waals surface area contributed by atoms with Gasteiger partial charge in [-0.2, -0.15) is 0 Å². The van der Waals surface area contributed by atoms with Gasteiger partial charge in [0.2, 0.25) is 0 Å². The Morgan fingerprint density at radius 1 is 1.33 bits per heavy atom. The molecule has 12 heavy (non-hydrogen) atoms. The minimum absolute atomic E-state index is 0.428. The Morgan fingerprint density at radius 2 is 2.00 bits per heavy atom. The van der Waals surface area contributed by atoms with Gasteiger partial charge in [-0.25, -0.2) is 0 Å². The predicted octanol–water partition coefficient (Wildman–Crippen LogP) is 1.46. The van der Waals surface area contributed by atoms with E-state index in [2.05, 4.69) is 17.1 Å². The molecular formula is C10H14N2. The number of hydrogen-bond acceptors (Lipinski definition) is 2. The summed E-state index contributed by atoms with van der Waals surface area (Å²) < 4.78 is 0. The maximum absolute atomic E-state index is 5.58. The minimum atomic E-state index is 0.428. The van der Waals surface area contributed by atoms with Crippen molar-refractivity contribution in [1.82, 2.24) is 4.98 Å². The average Bonchev–Trinajstić information content (AvgIpc) is 2.88. The van der Waals surface area contributed by atoms with Gasteiger partial charge in [-0.1, -0.05) is 0 Å². The second-order valence-electron chi connectivity index (χ2n) is 3.55. The lowest BCUT2D eigenvalue weighted by Gasteiger charge is -2.13. The Morgan fingerprint density at radius 3 is 2.50 bits per heavy atom. The first-order valence-electron chi connectivity index (χ1n) is 4.48. The van der Waals surface area contributed by atoms with E-state index in [4.69, 9.17) is 5.73 Å². The summed E-state index contributed by atoms with van der Waals surface area (Å²) in [7, 11) is 0. The Kier molecular flexibility index (Phi) is 1.85. The first kappa shape index (κ1) is 7.74. The van der Waals surface area contributed by atoms with Crippen molar-refractivity contribution >= 4 is 0 Å². The molecular weight excluding hydrogens is 148 g/mol. The lowest BCUT2D eigenvalue weighted by Crippen LogP contribution is -2.13. The molecule has 1 aromatic heterocycles. The number of hydrogen-bond donors (Lipinski definition) is 1. The lowest BCUT2D eigenvalue weighted by atomic mass is 9.93. The summed E-state index contributed by atoms with van der Waals surface area (Å²) in [5.74, 6) is 0. The lowest BCUT2D eigenvalue weighted by molar-refractivity contribution is 0.628. The zero-order chi connectivity index (χ0) is 8.44. The van der Waals surface area contributed by atoms with Crippen LogP contribution in [0.3, 0.4) is 0 Å². The van der Waals surface area contributed by atoms with Crippen LogP contribution in [-0.2, 0) is 5.41 Å². The first-order valence-corrected chi connectivity index (χ1v) is 4.48. The largest absolute Gasteiger partial charge is 0.330 e. The Bertz CT molecular complexity index is 252. The molecule has 1 aromatic rings. The molecule has 0 aliphatic heterocycles. The molecule has 2 N–H and O–H groups in total. The fourth-order valence-electron chi connectivity index (χ4n) is 1.82. The monoisotopic (exact) mass is 162 g/mol. The van der Waals surface area contributed by atoms with E-state index in [-0.39, 0.29) is 0 Å². The molecule has 1 aliphatic rings. The number of pyridine rings is 1. The molecule has 1 heterocycles. The molecule has 2 heteroatoms. The van der Waals surface area contributed by atoms with Crippen molar-refractivity contribution in [2.75, 3.05) is 6.54 Å². The molecule has 0 bridgehead atoms. The SMILES string of the molecule is NCCC1(c2ccncc2)CC1. The van der Waals surface area contributed by atoms with Gasteiger partial charge < -0.3 is 5.73 Å². The summed E-state index contributed by atoms with van der Waals surface area (Å²) in [5.41, 5.74) is 7.42. The molecule has 0 amide bonds. The molecule has 1 saturated carbocycles. The maximum Gasteiger partial charge on any atom is 0.0270 e. The third-order valence-corrected chi connectivity index (χ3v) is 2.77. The molecule has 0 saturated heterocycles. The molecule has 0 spiro atoms. The highest BCUT2D eigenvalue weighted by Crippen LogP contribution is 2.50. The van der Waals surface area contributed by atoms with E-state index >= 15 is 0 Å². The normalized spacial score (nSPS) is 19.1. The molecule has 1 fully saturated rings.